The quantitative estimate of drug-likeness (QED) is 0.353. The van der Waals surface area contributed by atoms with Crippen molar-refractivity contribution in [2.24, 2.45) is 0 Å². The molecular weight excluding hydrogens is 592 g/mol. The van der Waals surface area contributed by atoms with E-state index in [1.54, 1.807) is 64.3 Å². The molecule has 2 N–H and O–H groups in total. The zero-order chi connectivity index (χ0) is 29.9. The Labute approximate surface area is 251 Å². The molecule has 1 saturated heterocycles. The SMILES string of the molecule is CN(C)C(=O)C(C)(C)Oc1ccc(Cl)cc1[C@H]1CC(=O)N[C@@H](c2cc(Cl)ccc2F)[C@]12C(=O)Nc1cc(Cl)ccc12. The Kier molecular flexibility index (Phi) is 7.47. The summed E-state index contributed by atoms with van der Waals surface area (Å²) in [7, 11) is 3.23. The number of rotatable bonds is 5. The molecule has 2 heterocycles. The Hall–Kier alpha value is -3.33. The number of hydrogen-bond donors (Lipinski definition) is 2. The number of ether oxygens (including phenoxy) is 1. The molecule has 214 valence electrons. The molecule has 3 aromatic carbocycles. The molecule has 0 unspecified atom stereocenters. The van der Waals surface area contributed by atoms with Gasteiger partial charge in [0.1, 0.15) is 17.0 Å². The van der Waals surface area contributed by atoms with E-state index in [1.807, 2.05) is 0 Å². The topological polar surface area (TPSA) is 87.7 Å². The number of likely N-dealkylation sites (N-methyl/N-ethyl adjacent to an activating group) is 1. The molecule has 5 rings (SSSR count). The number of nitrogens with one attached hydrogen (secondary N) is 2. The van der Waals surface area contributed by atoms with Crippen LogP contribution in [0.1, 0.15) is 48.9 Å². The van der Waals surface area contributed by atoms with E-state index >= 15 is 4.39 Å². The number of piperidine rings is 1. The summed E-state index contributed by atoms with van der Waals surface area (Å²) in [5, 5.41) is 6.71. The summed E-state index contributed by atoms with van der Waals surface area (Å²) in [4.78, 5) is 42.0. The lowest BCUT2D eigenvalue weighted by molar-refractivity contribution is -0.143. The minimum Gasteiger partial charge on any atom is -0.478 e. The summed E-state index contributed by atoms with van der Waals surface area (Å²) in [6, 6.07) is 12.6. The van der Waals surface area contributed by atoms with Gasteiger partial charge in [0.2, 0.25) is 11.8 Å². The summed E-state index contributed by atoms with van der Waals surface area (Å²) >= 11 is 19.0. The molecule has 2 aliphatic rings. The second-order valence-corrected chi connectivity index (χ2v) is 12.2. The van der Waals surface area contributed by atoms with Crippen LogP contribution in [0.4, 0.5) is 10.1 Å². The molecule has 1 spiro atoms. The number of carbonyl (C=O) groups excluding carboxylic acids is 3. The van der Waals surface area contributed by atoms with E-state index in [0.29, 0.717) is 26.9 Å². The molecule has 0 bridgehead atoms. The molecule has 3 atom stereocenters. The average molecular weight is 619 g/mol. The third kappa shape index (κ3) is 4.92. The first kappa shape index (κ1) is 29.2. The van der Waals surface area contributed by atoms with E-state index in [1.165, 1.54) is 23.1 Å². The molecule has 0 radical (unpaired) electrons. The number of fused-ring (bicyclic) bond motifs is 2. The molecule has 1 fully saturated rings. The normalized spacial score (nSPS) is 21.8. The first-order chi connectivity index (χ1) is 19.2. The second-order valence-electron chi connectivity index (χ2n) is 10.9. The van der Waals surface area contributed by atoms with Gasteiger partial charge in [0.15, 0.2) is 5.60 Å². The number of carbonyl (C=O) groups is 3. The number of halogens is 4. The van der Waals surface area contributed by atoms with Crippen LogP contribution in [0, 0.1) is 5.82 Å². The maximum Gasteiger partial charge on any atom is 0.265 e. The van der Waals surface area contributed by atoms with Crippen molar-refractivity contribution >= 4 is 58.2 Å². The van der Waals surface area contributed by atoms with Crippen molar-refractivity contribution in [1.29, 1.82) is 0 Å². The Morgan fingerprint density at radius 2 is 1.59 bits per heavy atom. The molecule has 0 aliphatic carbocycles. The maximum atomic E-state index is 15.5. The zero-order valence-electron chi connectivity index (χ0n) is 22.7. The fraction of sp³-hybridized carbons (Fsp3) is 0.300. The summed E-state index contributed by atoms with van der Waals surface area (Å²) in [5.74, 6) is -2.48. The minimum absolute atomic E-state index is 0.0427. The van der Waals surface area contributed by atoms with Crippen molar-refractivity contribution in [1.82, 2.24) is 10.2 Å². The molecule has 2 aliphatic heterocycles. The Bertz CT molecular complexity index is 1600. The van der Waals surface area contributed by atoms with Crippen molar-refractivity contribution < 1.29 is 23.5 Å². The Morgan fingerprint density at radius 1 is 0.976 bits per heavy atom. The van der Waals surface area contributed by atoms with Gasteiger partial charge in [-0.3, -0.25) is 14.4 Å². The van der Waals surface area contributed by atoms with Crippen LogP contribution in [-0.4, -0.2) is 42.3 Å². The van der Waals surface area contributed by atoms with Crippen molar-refractivity contribution in [2.45, 2.75) is 43.2 Å². The molecule has 7 nitrogen and oxygen atoms in total. The fourth-order valence-electron chi connectivity index (χ4n) is 6.00. The van der Waals surface area contributed by atoms with Crippen LogP contribution in [-0.2, 0) is 19.8 Å². The predicted molar refractivity (Wildman–Crippen MR) is 156 cm³/mol. The molecule has 3 amide bonds. The van der Waals surface area contributed by atoms with Crippen molar-refractivity contribution in [3.8, 4) is 5.75 Å². The van der Waals surface area contributed by atoms with E-state index in [-0.39, 0.29) is 28.7 Å². The minimum atomic E-state index is -1.57. The van der Waals surface area contributed by atoms with Crippen LogP contribution in [0.2, 0.25) is 15.1 Å². The number of amides is 3. The highest BCUT2D eigenvalue weighted by Crippen LogP contribution is 2.59. The largest absolute Gasteiger partial charge is 0.478 e. The summed E-state index contributed by atoms with van der Waals surface area (Å²) in [6.07, 6.45) is -0.160. The highest BCUT2D eigenvalue weighted by Gasteiger charge is 2.62. The molecule has 41 heavy (non-hydrogen) atoms. The van der Waals surface area contributed by atoms with Gasteiger partial charge in [-0.15, -0.1) is 0 Å². The van der Waals surface area contributed by atoms with Crippen molar-refractivity contribution in [2.75, 3.05) is 19.4 Å². The first-order valence-electron chi connectivity index (χ1n) is 12.8. The van der Waals surface area contributed by atoms with Gasteiger partial charge in [-0.1, -0.05) is 40.9 Å². The highest BCUT2D eigenvalue weighted by molar-refractivity contribution is 6.31. The summed E-state index contributed by atoms with van der Waals surface area (Å²) in [6.45, 7) is 3.25. The van der Waals surface area contributed by atoms with Crippen LogP contribution in [0.3, 0.4) is 0 Å². The van der Waals surface area contributed by atoms with Gasteiger partial charge in [0.05, 0.1) is 6.04 Å². The van der Waals surface area contributed by atoms with Gasteiger partial charge < -0.3 is 20.3 Å². The number of benzene rings is 3. The number of hydrogen-bond acceptors (Lipinski definition) is 4. The van der Waals surface area contributed by atoms with E-state index in [4.69, 9.17) is 39.5 Å². The van der Waals surface area contributed by atoms with Gasteiger partial charge in [0.25, 0.3) is 5.91 Å². The number of anilines is 1. The van der Waals surface area contributed by atoms with E-state index in [2.05, 4.69) is 10.6 Å². The number of nitrogens with zero attached hydrogens (tertiary/aromatic N) is 1. The third-order valence-corrected chi connectivity index (χ3v) is 8.36. The van der Waals surface area contributed by atoms with Gasteiger partial charge in [0, 0.05) is 58.3 Å². The third-order valence-electron chi connectivity index (χ3n) is 7.65. The van der Waals surface area contributed by atoms with E-state index < -0.39 is 40.6 Å². The van der Waals surface area contributed by atoms with Gasteiger partial charge in [-0.05, 0) is 67.9 Å². The van der Waals surface area contributed by atoms with Crippen LogP contribution in [0.15, 0.2) is 54.6 Å². The highest BCUT2D eigenvalue weighted by atomic mass is 35.5. The summed E-state index contributed by atoms with van der Waals surface area (Å²) < 4.78 is 21.8. The predicted octanol–water partition coefficient (Wildman–Crippen LogP) is 6.27. The van der Waals surface area contributed by atoms with Crippen LogP contribution >= 0.6 is 34.8 Å². The molecule has 0 saturated carbocycles. The standard InChI is InChI=1S/C30H27Cl3FN3O4/c1-29(2,28(40)37(3)4)41-24-10-7-16(32)11-18(24)21-14-25(38)36-26(19-12-15(31)6-9-22(19)34)30(21)20-8-5-17(33)13-23(20)35-27(30)39/h5-13,21,26H,14H2,1-4H3,(H,35,39)(H,36,38)/t21-,26+,30-/m1/s1. The van der Waals surface area contributed by atoms with Crippen molar-refractivity contribution in [3.63, 3.8) is 0 Å². The molecule has 11 heteroatoms. The van der Waals surface area contributed by atoms with Crippen LogP contribution < -0.4 is 15.4 Å². The van der Waals surface area contributed by atoms with Crippen molar-refractivity contribution in [3.05, 3.63) is 92.2 Å². The molecule has 3 aromatic rings. The molecular formula is C30H27Cl3FN3O4. The monoisotopic (exact) mass is 617 g/mol. The van der Waals surface area contributed by atoms with Crippen LogP contribution in [0.5, 0.6) is 5.75 Å². The lowest BCUT2D eigenvalue weighted by Gasteiger charge is -2.47. The fourth-order valence-corrected chi connectivity index (χ4v) is 6.53. The lowest BCUT2D eigenvalue weighted by atomic mass is 9.59. The van der Waals surface area contributed by atoms with E-state index in [0.717, 1.165) is 0 Å². The van der Waals surface area contributed by atoms with Crippen LogP contribution in [0.25, 0.3) is 0 Å². The Balaban J connectivity index is 1.80. The zero-order valence-corrected chi connectivity index (χ0v) is 24.9. The maximum absolute atomic E-state index is 15.5. The van der Waals surface area contributed by atoms with Gasteiger partial charge in [-0.25, -0.2) is 4.39 Å². The second kappa shape index (κ2) is 10.5. The lowest BCUT2D eigenvalue weighted by Crippen LogP contribution is -2.57. The smallest absolute Gasteiger partial charge is 0.265 e. The van der Waals surface area contributed by atoms with E-state index in [9.17, 15) is 14.4 Å². The average Bonchev–Trinajstić information content (AvgIpc) is 3.18. The summed E-state index contributed by atoms with van der Waals surface area (Å²) in [5.41, 5.74) is -1.48. The first-order valence-corrected chi connectivity index (χ1v) is 13.9. The van der Waals surface area contributed by atoms with Gasteiger partial charge in [-0.2, -0.15) is 0 Å². The molecule has 0 aromatic heterocycles. The Morgan fingerprint density at radius 3 is 2.27 bits per heavy atom. The van der Waals surface area contributed by atoms with Gasteiger partial charge >= 0.3 is 0 Å².